The molecule has 230 valence electrons. The first-order chi connectivity index (χ1) is 20.9. The number of carbonyl (C=O) groups excluding carboxylic acids is 4. The van der Waals surface area contributed by atoms with E-state index < -0.39 is 47.8 Å². The topological polar surface area (TPSA) is 158 Å². The molecule has 0 bridgehead atoms. The Morgan fingerprint density at radius 2 is 1.25 bits per heavy atom. The first kappa shape index (κ1) is 32.2. The summed E-state index contributed by atoms with van der Waals surface area (Å²) in [6, 6.07) is 23.1. The summed E-state index contributed by atoms with van der Waals surface area (Å²) in [5.41, 5.74) is 9.63. The second-order valence-electron chi connectivity index (χ2n) is 10.9. The molecule has 1 aliphatic heterocycles. The van der Waals surface area contributed by atoms with E-state index in [1.807, 2.05) is 84.9 Å². The van der Waals surface area contributed by atoms with Gasteiger partial charge in [0.25, 0.3) is 0 Å². The SMILES string of the molecule is Cl.N[C@H]1CC(=O)N[C@@H](Cc2c[nH]c3ccccc23)C(=O)N[C@@H](Cc2ccccc2)C(=O)N[C@H](Cc2ccccc2)CNC1=O. The van der Waals surface area contributed by atoms with Gasteiger partial charge in [0.15, 0.2) is 0 Å². The molecule has 10 nitrogen and oxygen atoms in total. The van der Waals surface area contributed by atoms with Gasteiger partial charge in [0.2, 0.25) is 23.6 Å². The Kier molecular flexibility index (Phi) is 11.1. The van der Waals surface area contributed by atoms with Crippen LogP contribution >= 0.6 is 12.4 Å². The van der Waals surface area contributed by atoms with Gasteiger partial charge in [-0.15, -0.1) is 12.4 Å². The Bertz CT molecular complexity index is 1580. The van der Waals surface area contributed by atoms with Crippen LogP contribution in [0.1, 0.15) is 23.1 Å². The van der Waals surface area contributed by atoms with E-state index in [9.17, 15) is 19.2 Å². The van der Waals surface area contributed by atoms with Crippen LogP contribution in [0.5, 0.6) is 0 Å². The normalized spacial score (nSPS) is 21.7. The summed E-state index contributed by atoms with van der Waals surface area (Å²) in [6.45, 7) is 0.101. The molecule has 2 heterocycles. The van der Waals surface area contributed by atoms with Crippen molar-refractivity contribution in [1.82, 2.24) is 26.3 Å². The lowest BCUT2D eigenvalue weighted by atomic mass is 10.0. The standard InChI is InChI=1S/C33H36N6O4.ClH/c34-26-18-30(40)38-29(17-23-19-35-27-14-8-7-13-25(23)27)33(43)39-28(16-22-11-5-2-6-12-22)32(42)37-24(20-36-31(26)41)15-21-9-3-1-4-10-21;/h1-14,19,24,26,28-29,35H,15-18,20,34H2,(H,36,41)(H,37,42)(H,38,40)(H,39,43);1H/t24-,26+,28+,29+;/m1./s1. The van der Waals surface area contributed by atoms with Crippen LogP contribution in [0.2, 0.25) is 0 Å². The van der Waals surface area contributed by atoms with E-state index >= 15 is 0 Å². The second-order valence-corrected chi connectivity index (χ2v) is 10.9. The van der Waals surface area contributed by atoms with Crippen molar-refractivity contribution in [3.63, 3.8) is 0 Å². The highest BCUT2D eigenvalue weighted by molar-refractivity contribution is 5.95. The highest BCUT2D eigenvalue weighted by Gasteiger charge is 2.31. The predicted molar refractivity (Wildman–Crippen MR) is 171 cm³/mol. The van der Waals surface area contributed by atoms with E-state index in [-0.39, 0.29) is 38.2 Å². The number of fused-ring (bicyclic) bond motifs is 1. The van der Waals surface area contributed by atoms with Crippen LogP contribution < -0.4 is 27.0 Å². The van der Waals surface area contributed by atoms with Crippen molar-refractivity contribution in [2.75, 3.05) is 6.54 Å². The molecule has 5 rings (SSSR count). The van der Waals surface area contributed by atoms with Gasteiger partial charge in [-0.25, -0.2) is 0 Å². The molecule has 1 aromatic heterocycles. The van der Waals surface area contributed by atoms with Gasteiger partial charge in [0.05, 0.1) is 18.5 Å². The molecular weight excluding hydrogens is 580 g/mol. The third kappa shape index (κ3) is 8.46. The molecule has 4 amide bonds. The van der Waals surface area contributed by atoms with Crippen molar-refractivity contribution in [1.29, 1.82) is 0 Å². The summed E-state index contributed by atoms with van der Waals surface area (Å²) in [5.74, 6) is -1.96. The Labute approximate surface area is 262 Å². The van der Waals surface area contributed by atoms with Gasteiger partial charge in [0.1, 0.15) is 12.1 Å². The van der Waals surface area contributed by atoms with Crippen LogP contribution in [-0.2, 0) is 38.4 Å². The number of amides is 4. The number of hydrogen-bond acceptors (Lipinski definition) is 5. The highest BCUT2D eigenvalue weighted by Crippen LogP contribution is 2.19. The molecule has 0 spiro atoms. The Morgan fingerprint density at radius 3 is 1.95 bits per heavy atom. The van der Waals surface area contributed by atoms with Gasteiger partial charge >= 0.3 is 0 Å². The molecule has 7 N–H and O–H groups in total. The average Bonchev–Trinajstić information content (AvgIpc) is 3.42. The van der Waals surface area contributed by atoms with Gasteiger partial charge in [-0.2, -0.15) is 0 Å². The van der Waals surface area contributed by atoms with E-state index in [0.717, 1.165) is 27.6 Å². The van der Waals surface area contributed by atoms with Crippen LogP contribution in [0, 0.1) is 0 Å². The monoisotopic (exact) mass is 616 g/mol. The molecule has 4 atom stereocenters. The molecule has 4 aromatic rings. The fourth-order valence-electron chi connectivity index (χ4n) is 5.34. The summed E-state index contributed by atoms with van der Waals surface area (Å²) in [4.78, 5) is 56.7. The number of aromatic nitrogens is 1. The maximum atomic E-state index is 13.8. The zero-order valence-electron chi connectivity index (χ0n) is 24.1. The second kappa shape index (κ2) is 15.2. The Hall–Kier alpha value is -4.67. The van der Waals surface area contributed by atoms with Gasteiger partial charge < -0.3 is 32.0 Å². The van der Waals surface area contributed by atoms with Crippen LogP contribution in [0.3, 0.4) is 0 Å². The molecule has 0 unspecified atom stereocenters. The third-order valence-electron chi connectivity index (χ3n) is 7.60. The minimum absolute atomic E-state index is 0. The lowest BCUT2D eigenvalue weighted by Crippen LogP contribution is -2.59. The molecule has 44 heavy (non-hydrogen) atoms. The van der Waals surface area contributed by atoms with Crippen molar-refractivity contribution >= 4 is 46.9 Å². The average molecular weight is 617 g/mol. The molecule has 1 fully saturated rings. The number of carbonyl (C=O) groups is 4. The van der Waals surface area contributed by atoms with E-state index in [1.54, 1.807) is 6.20 Å². The summed E-state index contributed by atoms with van der Waals surface area (Å²) in [6.07, 6.45) is 2.35. The first-order valence-corrected chi connectivity index (χ1v) is 14.4. The molecule has 1 saturated heterocycles. The van der Waals surface area contributed by atoms with Crippen molar-refractivity contribution in [2.45, 2.75) is 49.9 Å². The number of para-hydroxylation sites is 1. The number of hydrogen-bond donors (Lipinski definition) is 6. The van der Waals surface area contributed by atoms with E-state index in [2.05, 4.69) is 26.3 Å². The Morgan fingerprint density at radius 1 is 0.659 bits per heavy atom. The molecule has 1 aliphatic rings. The number of benzene rings is 3. The van der Waals surface area contributed by atoms with Gasteiger partial charge in [-0.05, 0) is 29.2 Å². The maximum Gasteiger partial charge on any atom is 0.243 e. The van der Waals surface area contributed by atoms with Gasteiger partial charge in [-0.3, -0.25) is 19.2 Å². The largest absolute Gasteiger partial charge is 0.361 e. The van der Waals surface area contributed by atoms with Crippen molar-refractivity contribution in [2.24, 2.45) is 5.73 Å². The zero-order valence-corrected chi connectivity index (χ0v) is 24.9. The first-order valence-electron chi connectivity index (χ1n) is 14.4. The zero-order chi connectivity index (χ0) is 30.2. The highest BCUT2D eigenvalue weighted by atomic mass is 35.5. The number of rotatable bonds is 6. The van der Waals surface area contributed by atoms with E-state index in [1.165, 1.54) is 0 Å². The summed E-state index contributed by atoms with van der Waals surface area (Å²) < 4.78 is 0. The van der Waals surface area contributed by atoms with Crippen LogP contribution in [0.15, 0.2) is 91.1 Å². The number of nitrogens with two attached hydrogens (primary N) is 1. The molecule has 3 aromatic carbocycles. The van der Waals surface area contributed by atoms with Crippen LogP contribution in [-0.4, -0.2) is 59.3 Å². The molecule has 11 heteroatoms. The maximum absolute atomic E-state index is 13.8. The number of aromatic amines is 1. The van der Waals surface area contributed by atoms with Crippen molar-refractivity contribution in [3.05, 3.63) is 108 Å². The summed E-state index contributed by atoms with van der Waals surface area (Å²) >= 11 is 0. The number of H-pyrrole nitrogens is 1. The van der Waals surface area contributed by atoms with E-state index in [4.69, 9.17) is 5.73 Å². The number of nitrogens with one attached hydrogen (secondary N) is 5. The predicted octanol–water partition coefficient (Wildman–Crippen LogP) is 1.92. The van der Waals surface area contributed by atoms with Crippen LogP contribution in [0.4, 0.5) is 0 Å². The number of halogens is 1. The minimum atomic E-state index is -1.13. The van der Waals surface area contributed by atoms with Gasteiger partial charge in [-0.1, -0.05) is 78.9 Å². The van der Waals surface area contributed by atoms with E-state index in [0.29, 0.717) is 6.42 Å². The summed E-state index contributed by atoms with van der Waals surface area (Å²) in [5, 5.41) is 12.4. The van der Waals surface area contributed by atoms with Crippen molar-refractivity contribution < 1.29 is 19.2 Å². The third-order valence-corrected chi connectivity index (χ3v) is 7.60. The van der Waals surface area contributed by atoms with Gasteiger partial charge in [0, 0.05) is 36.5 Å². The van der Waals surface area contributed by atoms with Crippen LogP contribution in [0.25, 0.3) is 10.9 Å². The smallest absolute Gasteiger partial charge is 0.243 e. The Balaban J connectivity index is 0.00000442. The quantitative estimate of drug-likeness (QED) is 0.195. The molecule has 0 aliphatic carbocycles. The minimum Gasteiger partial charge on any atom is -0.361 e. The molecule has 0 radical (unpaired) electrons. The van der Waals surface area contributed by atoms with Crippen molar-refractivity contribution in [3.8, 4) is 0 Å². The summed E-state index contributed by atoms with van der Waals surface area (Å²) in [7, 11) is 0. The fourth-order valence-corrected chi connectivity index (χ4v) is 5.34. The fraction of sp³-hybridized carbons (Fsp3) is 0.273. The lowest BCUT2D eigenvalue weighted by molar-refractivity contribution is -0.133. The lowest BCUT2D eigenvalue weighted by Gasteiger charge is -2.27. The molecular formula is C33H37ClN6O4. The molecule has 0 saturated carbocycles.